The molecular formula is C25H38O3Si2. The lowest BCUT2D eigenvalue weighted by Gasteiger charge is -2.40. The molecule has 0 radical (unpaired) electrons. The Morgan fingerprint density at radius 2 is 1.23 bits per heavy atom. The van der Waals surface area contributed by atoms with Crippen LogP contribution >= 0.6 is 0 Å². The van der Waals surface area contributed by atoms with Crippen LogP contribution in [0.2, 0.25) is 36.3 Å². The molecule has 0 atom stereocenters. The van der Waals surface area contributed by atoms with Crippen LogP contribution in [-0.2, 0) is 0 Å². The van der Waals surface area contributed by atoms with E-state index in [1.807, 2.05) is 42.5 Å². The van der Waals surface area contributed by atoms with Gasteiger partial charge in [0.05, 0.1) is 5.56 Å². The predicted molar refractivity (Wildman–Crippen MR) is 133 cm³/mol. The molecule has 0 aliphatic rings. The molecule has 0 spiro atoms. The first-order valence-corrected chi connectivity index (χ1v) is 16.5. The summed E-state index contributed by atoms with van der Waals surface area (Å²) in [5, 5.41) is 0.0465. The molecule has 0 N–H and O–H groups in total. The normalized spacial score (nSPS) is 13.1. The van der Waals surface area contributed by atoms with Crippen LogP contribution in [0.5, 0.6) is 11.5 Å². The number of aldehydes is 1. The van der Waals surface area contributed by atoms with Gasteiger partial charge in [0, 0.05) is 0 Å². The average Bonchev–Trinajstić information content (AvgIpc) is 2.61. The molecular weight excluding hydrogens is 404 g/mol. The second-order valence-corrected chi connectivity index (χ2v) is 20.6. The highest BCUT2D eigenvalue weighted by atomic mass is 28.4. The molecule has 0 saturated carbocycles. The lowest BCUT2D eigenvalue weighted by Crippen LogP contribution is -2.46. The second-order valence-electron chi connectivity index (χ2n) is 11.1. The Morgan fingerprint density at radius 3 is 1.70 bits per heavy atom. The molecule has 0 fully saturated rings. The van der Waals surface area contributed by atoms with E-state index in [4.69, 9.17) is 8.85 Å². The minimum atomic E-state index is -2.17. The Kier molecular flexibility index (Phi) is 6.79. The van der Waals surface area contributed by atoms with Crippen LogP contribution in [0.15, 0.2) is 42.5 Å². The summed E-state index contributed by atoms with van der Waals surface area (Å²) in [4.78, 5) is 12.2. The first-order valence-electron chi connectivity index (χ1n) is 10.7. The molecule has 0 aromatic heterocycles. The zero-order valence-corrected chi connectivity index (χ0v) is 22.3. The maximum atomic E-state index is 12.2. The molecule has 0 heterocycles. The maximum Gasteiger partial charge on any atom is 0.250 e. The van der Waals surface area contributed by atoms with Crippen LogP contribution in [-0.4, -0.2) is 22.9 Å². The molecule has 0 unspecified atom stereocenters. The Bertz CT molecular complexity index is 889. The van der Waals surface area contributed by atoms with Gasteiger partial charge < -0.3 is 8.85 Å². The molecule has 2 aromatic rings. The Hall–Kier alpha value is -1.86. The van der Waals surface area contributed by atoms with E-state index in [0.29, 0.717) is 17.1 Å². The van der Waals surface area contributed by atoms with Gasteiger partial charge in [-0.2, -0.15) is 0 Å². The summed E-state index contributed by atoms with van der Waals surface area (Å²) in [6.45, 7) is 22.1. The minimum Gasteiger partial charge on any atom is -0.541 e. The molecule has 3 nitrogen and oxygen atoms in total. The quantitative estimate of drug-likeness (QED) is 0.336. The van der Waals surface area contributed by atoms with Gasteiger partial charge in [-0.05, 0) is 59.5 Å². The second kappa shape index (κ2) is 8.35. The van der Waals surface area contributed by atoms with Gasteiger partial charge in [-0.25, -0.2) is 0 Å². The number of benzene rings is 2. The molecule has 0 aliphatic heterocycles. The van der Waals surface area contributed by atoms with Gasteiger partial charge in [-0.3, -0.25) is 4.79 Å². The highest BCUT2D eigenvalue weighted by molar-refractivity contribution is 6.75. The van der Waals surface area contributed by atoms with Crippen molar-refractivity contribution in [3.8, 4) is 22.6 Å². The van der Waals surface area contributed by atoms with Crippen LogP contribution < -0.4 is 8.85 Å². The van der Waals surface area contributed by atoms with Gasteiger partial charge in [0.25, 0.3) is 16.6 Å². The summed E-state index contributed by atoms with van der Waals surface area (Å²) >= 11 is 0. The lowest BCUT2D eigenvalue weighted by molar-refractivity contribution is 0.112. The number of rotatable bonds is 6. The van der Waals surface area contributed by atoms with E-state index in [1.54, 1.807) is 0 Å². The Morgan fingerprint density at radius 1 is 0.733 bits per heavy atom. The van der Waals surface area contributed by atoms with Crippen LogP contribution in [0.3, 0.4) is 0 Å². The van der Waals surface area contributed by atoms with Crippen molar-refractivity contribution in [3.05, 3.63) is 48.0 Å². The zero-order valence-electron chi connectivity index (χ0n) is 20.3. The number of carbonyl (C=O) groups is 1. The van der Waals surface area contributed by atoms with E-state index in [1.165, 1.54) is 0 Å². The van der Waals surface area contributed by atoms with E-state index >= 15 is 0 Å². The van der Waals surface area contributed by atoms with Gasteiger partial charge in [0.2, 0.25) is 0 Å². The van der Waals surface area contributed by atoms with E-state index in [0.717, 1.165) is 17.4 Å². The Balaban J connectivity index is 2.71. The number of carbonyl (C=O) groups excluding carboxylic acids is 1. The van der Waals surface area contributed by atoms with Crippen molar-refractivity contribution in [2.45, 2.75) is 77.8 Å². The zero-order chi connectivity index (χ0) is 23.0. The first-order chi connectivity index (χ1) is 13.6. The molecule has 0 saturated heterocycles. The van der Waals surface area contributed by atoms with Crippen molar-refractivity contribution in [2.75, 3.05) is 0 Å². The third-order valence-corrected chi connectivity index (χ3v) is 15.3. The fourth-order valence-corrected chi connectivity index (χ4v) is 4.57. The lowest BCUT2D eigenvalue weighted by atomic mass is 10.0. The summed E-state index contributed by atoms with van der Waals surface area (Å²) in [6.07, 6.45) is 0.896. The van der Waals surface area contributed by atoms with Crippen LogP contribution in [0.4, 0.5) is 0 Å². The summed E-state index contributed by atoms with van der Waals surface area (Å²) in [5.74, 6) is 1.29. The molecule has 0 aliphatic carbocycles. The summed E-state index contributed by atoms with van der Waals surface area (Å²) in [6, 6.07) is 14.1. The highest BCUT2D eigenvalue weighted by Crippen LogP contribution is 2.46. The van der Waals surface area contributed by atoms with E-state index in [9.17, 15) is 4.79 Å². The van der Waals surface area contributed by atoms with Crippen molar-refractivity contribution in [1.82, 2.24) is 0 Å². The van der Waals surface area contributed by atoms with Crippen molar-refractivity contribution in [2.24, 2.45) is 0 Å². The fraction of sp³-hybridized carbons (Fsp3) is 0.480. The van der Waals surface area contributed by atoms with E-state index in [-0.39, 0.29) is 10.1 Å². The van der Waals surface area contributed by atoms with E-state index < -0.39 is 16.6 Å². The standard InChI is InChI=1S/C25H38O3Si2/c1-24(2,3)29(7,8)27-22-17-20(19-14-12-11-13-15-19)16-21(18-26)23(22)28-30(9,10)25(4,5)6/h11-18H,1-10H3. The highest BCUT2D eigenvalue weighted by Gasteiger charge is 2.42. The van der Waals surface area contributed by atoms with Crippen molar-refractivity contribution in [1.29, 1.82) is 0 Å². The fourth-order valence-electron chi connectivity index (χ4n) is 2.53. The molecule has 5 heteroatoms. The molecule has 164 valence electrons. The molecule has 30 heavy (non-hydrogen) atoms. The van der Waals surface area contributed by atoms with Crippen molar-refractivity contribution < 1.29 is 13.6 Å². The minimum absolute atomic E-state index is 0.0134. The van der Waals surface area contributed by atoms with Crippen molar-refractivity contribution in [3.63, 3.8) is 0 Å². The first kappa shape index (κ1) is 24.4. The topological polar surface area (TPSA) is 35.5 Å². The largest absolute Gasteiger partial charge is 0.541 e. The third kappa shape index (κ3) is 5.24. The smallest absolute Gasteiger partial charge is 0.250 e. The number of hydrogen-bond acceptors (Lipinski definition) is 3. The third-order valence-electron chi connectivity index (χ3n) is 6.65. The van der Waals surface area contributed by atoms with Crippen LogP contribution in [0.25, 0.3) is 11.1 Å². The molecule has 2 aromatic carbocycles. The van der Waals surface area contributed by atoms with Gasteiger partial charge in [-0.15, -0.1) is 0 Å². The van der Waals surface area contributed by atoms with Crippen LogP contribution in [0.1, 0.15) is 51.9 Å². The van der Waals surface area contributed by atoms with Gasteiger partial charge in [-0.1, -0.05) is 71.9 Å². The monoisotopic (exact) mass is 442 g/mol. The van der Waals surface area contributed by atoms with Gasteiger partial charge in [0.15, 0.2) is 12.0 Å². The van der Waals surface area contributed by atoms with E-state index in [2.05, 4.69) is 67.7 Å². The maximum absolute atomic E-state index is 12.2. The molecule has 0 amide bonds. The molecule has 0 bridgehead atoms. The summed E-state index contributed by atoms with van der Waals surface area (Å²) < 4.78 is 13.4. The van der Waals surface area contributed by atoms with Crippen molar-refractivity contribution >= 4 is 22.9 Å². The molecule has 2 rings (SSSR count). The summed E-state index contributed by atoms with van der Waals surface area (Å²) in [5.41, 5.74) is 2.57. The average molecular weight is 443 g/mol. The SMILES string of the molecule is CC(C)(C)[Si](C)(C)Oc1cc(-c2ccccc2)cc(C=O)c1O[Si](C)(C)C(C)(C)C. The van der Waals surface area contributed by atoms with Gasteiger partial charge in [0.1, 0.15) is 5.75 Å². The summed E-state index contributed by atoms with van der Waals surface area (Å²) in [7, 11) is -4.30. The number of hydrogen-bond donors (Lipinski definition) is 0. The Labute approximate surface area is 185 Å². The predicted octanol–water partition coefficient (Wildman–Crippen LogP) is 7.93. The van der Waals surface area contributed by atoms with Crippen LogP contribution in [0, 0.1) is 0 Å². The van der Waals surface area contributed by atoms with Gasteiger partial charge >= 0.3 is 0 Å².